The lowest BCUT2D eigenvalue weighted by Gasteiger charge is -2.32. The third kappa shape index (κ3) is 6.22. The maximum atomic E-state index is 15.1. The molecule has 2 fully saturated rings. The number of hydrazone groups is 1. The summed E-state index contributed by atoms with van der Waals surface area (Å²) in [5, 5.41) is 9.05. The van der Waals surface area contributed by atoms with Crippen LogP contribution in [0.15, 0.2) is 66.2 Å². The summed E-state index contributed by atoms with van der Waals surface area (Å²) in [6.45, 7) is 4.07. The number of hydrogen-bond donors (Lipinski definition) is 1. The summed E-state index contributed by atoms with van der Waals surface area (Å²) in [6.07, 6.45) is 5.16. The highest BCUT2D eigenvalue weighted by Gasteiger charge is 2.32. The van der Waals surface area contributed by atoms with Gasteiger partial charge in [0, 0.05) is 38.0 Å². The Morgan fingerprint density at radius 2 is 1.90 bits per heavy atom. The van der Waals surface area contributed by atoms with Gasteiger partial charge >= 0.3 is 6.09 Å². The molecule has 0 radical (unpaired) electrons. The molecule has 1 atom stereocenters. The van der Waals surface area contributed by atoms with E-state index in [-0.39, 0.29) is 24.9 Å². The van der Waals surface area contributed by atoms with E-state index < -0.39 is 18.0 Å². The minimum atomic E-state index is -0.579. The van der Waals surface area contributed by atoms with E-state index in [4.69, 9.17) is 4.74 Å². The molecular weight excluding hydrogens is 517 g/mol. The summed E-state index contributed by atoms with van der Waals surface area (Å²) in [7, 11) is 0. The summed E-state index contributed by atoms with van der Waals surface area (Å²) in [5.74, 6) is -0.821. The Morgan fingerprint density at radius 3 is 2.58 bits per heavy atom. The van der Waals surface area contributed by atoms with Crippen LogP contribution in [0.3, 0.4) is 0 Å². The van der Waals surface area contributed by atoms with Gasteiger partial charge in [0.1, 0.15) is 17.6 Å². The van der Waals surface area contributed by atoms with Crippen molar-refractivity contribution in [1.82, 2.24) is 25.2 Å². The predicted octanol–water partition coefficient (Wildman–Crippen LogP) is 2.54. The van der Waals surface area contributed by atoms with E-state index in [0.717, 1.165) is 5.56 Å². The Balaban J connectivity index is 1.16. The topological polar surface area (TPSA) is 120 Å². The Hall–Kier alpha value is -4.87. The van der Waals surface area contributed by atoms with Crippen LogP contribution in [0.25, 0.3) is 11.1 Å². The Kier molecular flexibility index (Phi) is 7.94. The smallest absolute Gasteiger partial charge is 0.414 e. The molecule has 3 amide bonds. The maximum Gasteiger partial charge on any atom is 0.414 e. The Labute approximate surface area is 230 Å². The zero-order valence-corrected chi connectivity index (χ0v) is 21.9. The third-order valence-electron chi connectivity index (χ3n) is 6.63. The molecule has 206 valence electrons. The molecule has 0 bridgehead atoms. The summed E-state index contributed by atoms with van der Waals surface area (Å²) < 4.78 is 20.3. The van der Waals surface area contributed by atoms with Gasteiger partial charge in [0.25, 0.3) is 5.91 Å². The van der Waals surface area contributed by atoms with Gasteiger partial charge in [0.05, 0.1) is 44.3 Å². The van der Waals surface area contributed by atoms with Crippen molar-refractivity contribution in [2.75, 3.05) is 44.2 Å². The largest absolute Gasteiger partial charge is 0.442 e. The number of benzene rings is 2. The SMILES string of the molecule is CC(=O)NC[C@H]1CN(c2ccc(-c3ccc(/C=N/N4CCN(C(=O)c5cnccn5)CC4)cc3)c(F)c2)C(=O)O1. The standard InChI is InChI=1S/C28H28FN7O4/c1-19(37)32-16-23-18-36(28(39)40-23)22-6-7-24(25(29)14-22)21-4-2-20(3-5-21)15-33-35-12-10-34(11-13-35)27(38)26-17-30-8-9-31-26/h2-9,14-15,17,23H,10-13,16,18H2,1H3,(H,32,37)/b33-15+/t23-/m0/s1. The first-order valence-electron chi connectivity index (χ1n) is 12.8. The molecule has 2 aliphatic rings. The minimum Gasteiger partial charge on any atom is -0.442 e. The van der Waals surface area contributed by atoms with Crippen molar-refractivity contribution >= 4 is 29.8 Å². The second-order valence-corrected chi connectivity index (χ2v) is 9.42. The Bertz CT molecular complexity index is 1410. The highest BCUT2D eigenvalue weighted by atomic mass is 19.1. The zero-order chi connectivity index (χ0) is 28.1. The van der Waals surface area contributed by atoms with Gasteiger partial charge in [-0.15, -0.1) is 0 Å². The summed E-state index contributed by atoms with van der Waals surface area (Å²) >= 11 is 0. The molecule has 2 saturated heterocycles. The number of hydrogen-bond acceptors (Lipinski definition) is 8. The normalized spacial score (nSPS) is 17.3. The summed E-state index contributed by atoms with van der Waals surface area (Å²) in [5.41, 5.74) is 2.66. The predicted molar refractivity (Wildman–Crippen MR) is 145 cm³/mol. The first-order valence-corrected chi connectivity index (χ1v) is 12.8. The van der Waals surface area contributed by atoms with Crippen LogP contribution >= 0.6 is 0 Å². The molecule has 0 saturated carbocycles. The molecule has 2 aromatic carbocycles. The van der Waals surface area contributed by atoms with Crippen molar-refractivity contribution in [3.63, 3.8) is 0 Å². The molecule has 11 nitrogen and oxygen atoms in total. The number of piperazine rings is 1. The lowest BCUT2D eigenvalue weighted by atomic mass is 10.0. The lowest BCUT2D eigenvalue weighted by Crippen LogP contribution is -2.47. The molecule has 5 rings (SSSR count). The van der Waals surface area contributed by atoms with E-state index >= 15 is 4.39 Å². The van der Waals surface area contributed by atoms with Crippen molar-refractivity contribution in [2.24, 2.45) is 5.10 Å². The maximum absolute atomic E-state index is 15.1. The average Bonchev–Trinajstić information content (AvgIpc) is 3.36. The van der Waals surface area contributed by atoms with Crippen molar-refractivity contribution in [2.45, 2.75) is 13.0 Å². The molecule has 3 heterocycles. The first kappa shape index (κ1) is 26.7. The van der Waals surface area contributed by atoms with Gasteiger partial charge in [-0.25, -0.2) is 14.2 Å². The number of amides is 3. The van der Waals surface area contributed by atoms with E-state index in [1.54, 1.807) is 23.2 Å². The van der Waals surface area contributed by atoms with Crippen molar-refractivity contribution < 1.29 is 23.5 Å². The minimum absolute atomic E-state index is 0.140. The monoisotopic (exact) mass is 545 g/mol. The van der Waals surface area contributed by atoms with Crippen molar-refractivity contribution in [3.05, 3.63) is 78.1 Å². The van der Waals surface area contributed by atoms with Gasteiger partial charge in [-0.05, 0) is 29.3 Å². The number of carbonyl (C=O) groups excluding carboxylic acids is 3. The van der Waals surface area contributed by atoms with Crippen LogP contribution in [-0.4, -0.2) is 89.4 Å². The first-order chi connectivity index (χ1) is 19.4. The third-order valence-corrected chi connectivity index (χ3v) is 6.63. The molecular formula is C28H28FN7O4. The quantitative estimate of drug-likeness (QED) is 0.453. The van der Waals surface area contributed by atoms with Gasteiger partial charge in [0.15, 0.2) is 0 Å². The highest BCUT2D eigenvalue weighted by molar-refractivity contribution is 5.92. The van der Waals surface area contributed by atoms with Crippen LogP contribution in [0.5, 0.6) is 0 Å². The fraction of sp³-hybridized carbons (Fsp3) is 0.286. The van der Waals surface area contributed by atoms with Gasteiger partial charge < -0.3 is 15.0 Å². The number of carbonyl (C=O) groups is 3. The number of anilines is 1. The van der Waals surface area contributed by atoms with Crippen molar-refractivity contribution in [1.29, 1.82) is 0 Å². The van der Waals surface area contributed by atoms with Crippen LogP contribution in [0.4, 0.5) is 14.9 Å². The second-order valence-electron chi connectivity index (χ2n) is 9.42. The fourth-order valence-electron chi connectivity index (χ4n) is 4.49. The molecule has 1 aromatic heterocycles. The van der Waals surface area contributed by atoms with E-state index in [9.17, 15) is 14.4 Å². The van der Waals surface area contributed by atoms with Gasteiger partial charge in [-0.3, -0.25) is 24.5 Å². The van der Waals surface area contributed by atoms with Crippen LogP contribution in [0.2, 0.25) is 0 Å². The summed E-state index contributed by atoms with van der Waals surface area (Å²) in [6, 6.07) is 11.9. The molecule has 12 heteroatoms. The zero-order valence-electron chi connectivity index (χ0n) is 21.9. The lowest BCUT2D eigenvalue weighted by molar-refractivity contribution is -0.119. The van der Waals surface area contributed by atoms with E-state index in [1.807, 2.05) is 29.3 Å². The molecule has 0 unspecified atom stereocenters. The highest BCUT2D eigenvalue weighted by Crippen LogP contribution is 2.29. The average molecular weight is 546 g/mol. The molecule has 2 aliphatic heterocycles. The molecule has 0 spiro atoms. The number of nitrogens with one attached hydrogen (secondary N) is 1. The number of nitrogens with zero attached hydrogens (tertiary/aromatic N) is 6. The van der Waals surface area contributed by atoms with Gasteiger partial charge in [0.2, 0.25) is 5.91 Å². The number of aromatic nitrogens is 2. The van der Waals surface area contributed by atoms with Crippen LogP contribution in [-0.2, 0) is 9.53 Å². The van der Waals surface area contributed by atoms with Crippen LogP contribution < -0.4 is 10.2 Å². The number of rotatable bonds is 7. The number of ether oxygens (including phenoxy) is 1. The summed E-state index contributed by atoms with van der Waals surface area (Å²) in [4.78, 5) is 47.0. The van der Waals surface area contributed by atoms with Crippen molar-refractivity contribution in [3.8, 4) is 11.1 Å². The van der Waals surface area contributed by atoms with Crippen LogP contribution in [0, 0.1) is 5.82 Å². The molecule has 1 N–H and O–H groups in total. The number of halogens is 1. The molecule has 40 heavy (non-hydrogen) atoms. The number of cyclic esters (lactones) is 1. The van der Waals surface area contributed by atoms with E-state index in [0.29, 0.717) is 48.7 Å². The van der Waals surface area contributed by atoms with Gasteiger partial charge in [-0.2, -0.15) is 5.10 Å². The van der Waals surface area contributed by atoms with E-state index in [1.165, 1.54) is 36.5 Å². The molecule has 0 aliphatic carbocycles. The Morgan fingerprint density at radius 1 is 1.12 bits per heavy atom. The second kappa shape index (κ2) is 11.9. The molecule has 3 aromatic rings. The van der Waals surface area contributed by atoms with E-state index in [2.05, 4.69) is 20.4 Å². The fourth-order valence-corrected chi connectivity index (χ4v) is 4.49. The van der Waals surface area contributed by atoms with Crippen LogP contribution in [0.1, 0.15) is 23.0 Å². The van der Waals surface area contributed by atoms with Gasteiger partial charge in [-0.1, -0.05) is 24.3 Å².